The van der Waals surface area contributed by atoms with E-state index in [1.807, 2.05) is 30.5 Å². The molecule has 0 aliphatic carbocycles. The van der Waals surface area contributed by atoms with Crippen LogP contribution < -0.4 is 0 Å². The van der Waals surface area contributed by atoms with Crippen molar-refractivity contribution in [2.75, 3.05) is 0 Å². The molecule has 8 rings (SSSR count). The molecule has 0 aliphatic heterocycles. The number of fused-ring (bicyclic) bond motifs is 4. The topological polar surface area (TPSA) is 38.7 Å². The van der Waals surface area contributed by atoms with Crippen molar-refractivity contribution in [1.29, 1.82) is 0 Å². The zero-order chi connectivity index (χ0) is 27.9. The molecule has 3 nitrogen and oxygen atoms in total. The summed E-state index contributed by atoms with van der Waals surface area (Å²) in [5, 5.41) is 5.97. The normalized spacial score (nSPS) is 11.3. The van der Waals surface area contributed by atoms with E-state index in [9.17, 15) is 0 Å². The Hall–Kier alpha value is -5.67. The lowest BCUT2D eigenvalue weighted by Gasteiger charge is -2.13. The molecule has 0 fully saturated rings. The molecule has 8 aromatic rings. The fraction of sp³-hybridized carbons (Fsp3) is 0. The Balaban J connectivity index is 1.29. The lowest BCUT2D eigenvalue weighted by atomic mass is 9.95. The van der Waals surface area contributed by atoms with Gasteiger partial charge in [-0.05, 0) is 51.4 Å². The molecule has 2 aromatic heterocycles. The first-order valence-corrected chi connectivity index (χ1v) is 14.1. The van der Waals surface area contributed by atoms with Crippen molar-refractivity contribution in [3.8, 4) is 45.0 Å². The molecule has 0 N–H and O–H groups in total. The van der Waals surface area contributed by atoms with Gasteiger partial charge in [0.05, 0.1) is 16.9 Å². The molecule has 0 bridgehead atoms. The number of hydrogen-bond donors (Lipinski definition) is 0. The zero-order valence-electron chi connectivity index (χ0n) is 22.8. The minimum atomic E-state index is 0.701. The van der Waals surface area contributed by atoms with Gasteiger partial charge in [0.25, 0.3) is 0 Å². The standard InChI is InChI=1S/C39H25N3/c1-2-10-27(11-3-1)37-24-38(35-23-29-12-4-6-14-32(29)33-15-7-8-16-34(33)35)42-39(41-37)28-20-18-26(19-21-28)31-22-30-13-5-9-17-36(30)40-25-31/h1-25H. The maximum Gasteiger partial charge on any atom is 0.160 e. The third-order valence-electron chi connectivity index (χ3n) is 7.91. The fourth-order valence-corrected chi connectivity index (χ4v) is 5.78. The molecule has 0 unspecified atom stereocenters. The summed E-state index contributed by atoms with van der Waals surface area (Å²) in [5.41, 5.74) is 8.13. The van der Waals surface area contributed by atoms with Crippen LogP contribution in [0.3, 0.4) is 0 Å². The van der Waals surface area contributed by atoms with E-state index >= 15 is 0 Å². The molecule has 42 heavy (non-hydrogen) atoms. The van der Waals surface area contributed by atoms with Gasteiger partial charge in [-0.2, -0.15) is 0 Å². The number of nitrogens with zero attached hydrogens (tertiary/aromatic N) is 3. The van der Waals surface area contributed by atoms with Crippen molar-refractivity contribution < 1.29 is 0 Å². The number of para-hydroxylation sites is 1. The van der Waals surface area contributed by atoms with Crippen LogP contribution >= 0.6 is 0 Å². The van der Waals surface area contributed by atoms with E-state index in [1.165, 1.54) is 21.5 Å². The summed E-state index contributed by atoms with van der Waals surface area (Å²) in [6.07, 6.45) is 1.94. The van der Waals surface area contributed by atoms with Crippen molar-refractivity contribution in [3.05, 3.63) is 152 Å². The van der Waals surface area contributed by atoms with Gasteiger partial charge >= 0.3 is 0 Å². The largest absolute Gasteiger partial charge is 0.256 e. The maximum absolute atomic E-state index is 5.18. The van der Waals surface area contributed by atoms with Crippen molar-refractivity contribution in [3.63, 3.8) is 0 Å². The number of aromatic nitrogens is 3. The van der Waals surface area contributed by atoms with E-state index in [1.54, 1.807) is 0 Å². The molecule has 0 saturated heterocycles. The summed E-state index contributed by atoms with van der Waals surface area (Å²) in [6.45, 7) is 0. The minimum absolute atomic E-state index is 0.701. The quantitative estimate of drug-likeness (QED) is 0.211. The van der Waals surface area contributed by atoms with Crippen LogP contribution in [0.15, 0.2) is 152 Å². The van der Waals surface area contributed by atoms with Gasteiger partial charge in [-0.3, -0.25) is 4.98 Å². The molecule has 0 spiro atoms. The highest BCUT2D eigenvalue weighted by molar-refractivity contribution is 6.13. The number of benzene rings is 6. The van der Waals surface area contributed by atoms with Gasteiger partial charge in [0.1, 0.15) is 0 Å². The Morgan fingerprint density at radius 3 is 1.86 bits per heavy atom. The van der Waals surface area contributed by atoms with Gasteiger partial charge in [-0.25, -0.2) is 9.97 Å². The number of rotatable bonds is 4. The van der Waals surface area contributed by atoms with Gasteiger partial charge < -0.3 is 0 Å². The summed E-state index contributed by atoms with van der Waals surface area (Å²) in [6, 6.07) is 50.7. The maximum atomic E-state index is 5.18. The molecule has 6 aromatic carbocycles. The summed E-state index contributed by atoms with van der Waals surface area (Å²) in [7, 11) is 0. The molecule has 0 atom stereocenters. The summed E-state index contributed by atoms with van der Waals surface area (Å²) >= 11 is 0. The van der Waals surface area contributed by atoms with Gasteiger partial charge in [0, 0.05) is 33.8 Å². The van der Waals surface area contributed by atoms with Gasteiger partial charge in [-0.15, -0.1) is 0 Å². The van der Waals surface area contributed by atoms with Crippen LogP contribution in [0.4, 0.5) is 0 Å². The number of hydrogen-bond acceptors (Lipinski definition) is 3. The van der Waals surface area contributed by atoms with Crippen LogP contribution in [0.1, 0.15) is 0 Å². The summed E-state index contributed by atoms with van der Waals surface area (Å²) < 4.78 is 0. The SMILES string of the molecule is c1ccc(-c2cc(-c3cc4ccccc4c4ccccc34)nc(-c3ccc(-c4cnc5ccccc5c4)cc3)n2)cc1. The fourth-order valence-electron chi connectivity index (χ4n) is 5.78. The minimum Gasteiger partial charge on any atom is -0.256 e. The molecule has 0 saturated carbocycles. The highest BCUT2D eigenvalue weighted by Gasteiger charge is 2.14. The average molecular weight is 536 g/mol. The molecular weight excluding hydrogens is 510 g/mol. The van der Waals surface area contributed by atoms with E-state index in [2.05, 4.69) is 126 Å². The van der Waals surface area contributed by atoms with Gasteiger partial charge in [0.2, 0.25) is 0 Å². The molecule has 0 amide bonds. The molecule has 0 aliphatic rings. The summed E-state index contributed by atoms with van der Waals surface area (Å²) in [5.74, 6) is 0.701. The first-order chi connectivity index (χ1) is 20.8. The first kappa shape index (κ1) is 24.2. The van der Waals surface area contributed by atoms with Crippen LogP contribution in [0.5, 0.6) is 0 Å². The van der Waals surface area contributed by atoms with E-state index in [0.717, 1.165) is 50.1 Å². The van der Waals surface area contributed by atoms with Gasteiger partial charge in [0.15, 0.2) is 5.82 Å². The van der Waals surface area contributed by atoms with Crippen molar-refractivity contribution >= 4 is 32.4 Å². The average Bonchev–Trinajstić information content (AvgIpc) is 3.08. The first-order valence-electron chi connectivity index (χ1n) is 14.1. The Kier molecular flexibility index (Phi) is 5.79. The number of pyridine rings is 1. The van der Waals surface area contributed by atoms with Gasteiger partial charge in [-0.1, -0.05) is 121 Å². The van der Waals surface area contributed by atoms with E-state index < -0.39 is 0 Å². The monoisotopic (exact) mass is 535 g/mol. The Bertz CT molecular complexity index is 2240. The molecule has 0 radical (unpaired) electrons. The highest BCUT2D eigenvalue weighted by Crippen LogP contribution is 2.36. The Morgan fingerprint density at radius 2 is 1.02 bits per heavy atom. The Morgan fingerprint density at radius 1 is 0.381 bits per heavy atom. The zero-order valence-corrected chi connectivity index (χ0v) is 22.8. The van der Waals surface area contributed by atoms with Crippen LogP contribution in [-0.4, -0.2) is 15.0 Å². The molecule has 3 heteroatoms. The summed E-state index contributed by atoms with van der Waals surface area (Å²) in [4.78, 5) is 14.9. The van der Waals surface area contributed by atoms with E-state index in [0.29, 0.717) is 5.82 Å². The predicted octanol–water partition coefficient (Wildman–Crippen LogP) is 10.00. The second kappa shape index (κ2) is 10.1. The van der Waals surface area contributed by atoms with Crippen LogP contribution in [0.2, 0.25) is 0 Å². The molecule has 196 valence electrons. The van der Waals surface area contributed by atoms with E-state index in [4.69, 9.17) is 9.97 Å². The van der Waals surface area contributed by atoms with Crippen molar-refractivity contribution in [2.24, 2.45) is 0 Å². The van der Waals surface area contributed by atoms with Crippen molar-refractivity contribution in [2.45, 2.75) is 0 Å². The third kappa shape index (κ3) is 4.29. The third-order valence-corrected chi connectivity index (χ3v) is 7.91. The smallest absolute Gasteiger partial charge is 0.160 e. The van der Waals surface area contributed by atoms with E-state index in [-0.39, 0.29) is 0 Å². The van der Waals surface area contributed by atoms with Crippen LogP contribution in [0.25, 0.3) is 77.5 Å². The predicted molar refractivity (Wildman–Crippen MR) is 174 cm³/mol. The lowest BCUT2D eigenvalue weighted by molar-refractivity contribution is 1.19. The second-order valence-corrected chi connectivity index (χ2v) is 10.5. The second-order valence-electron chi connectivity index (χ2n) is 10.5. The molecule has 2 heterocycles. The molecular formula is C39H25N3. The van der Waals surface area contributed by atoms with Crippen LogP contribution in [-0.2, 0) is 0 Å². The van der Waals surface area contributed by atoms with Crippen molar-refractivity contribution in [1.82, 2.24) is 15.0 Å². The van der Waals surface area contributed by atoms with Crippen LogP contribution in [0, 0.1) is 0 Å². The highest BCUT2D eigenvalue weighted by atomic mass is 14.9. The lowest BCUT2D eigenvalue weighted by Crippen LogP contribution is -1.97. The Labute approximate surface area is 243 Å².